The molecule has 2 fully saturated rings. The van der Waals surface area contributed by atoms with Gasteiger partial charge in [0.2, 0.25) is 0 Å². The lowest BCUT2D eigenvalue weighted by Gasteiger charge is -2.36. The monoisotopic (exact) mass is 212 g/mol. The lowest BCUT2D eigenvalue weighted by Crippen LogP contribution is -2.36. The van der Waals surface area contributed by atoms with Gasteiger partial charge in [-0.05, 0) is 31.3 Å². The molecule has 0 bridgehead atoms. The van der Waals surface area contributed by atoms with Crippen LogP contribution in [-0.4, -0.2) is 18.1 Å². The predicted molar refractivity (Wildman–Crippen MR) is 62.6 cm³/mol. The fourth-order valence-corrected chi connectivity index (χ4v) is 3.09. The van der Waals surface area contributed by atoms with Crippen molar-refractivity contribution in [1.82, 2.24) is 0 Å². The number of rotatable bonds is 3. The molecule has 2 aliphatic rings. The third-order valence-corrected chi connectivity index (χ3v) is 4.88. The summed E-state index contributed by atoms with van der Waals surface area (Å²) in [6.07, 6.45) is 8.72. The number of hydrogen-bond donors (Lipinski definition) is 0. The Labute approximate surface area is 91.3 Å². The van der Waals surface area contributed by atoms with Crippen LogP contribution in [-0.2, 0) is 4.74 Å². The Morgan fingerprint density at radius 1 is 1.29 bits per heavy atom. The fraction of sp³-hybridized carbons (Fsp3) is 0.833. The maximum absolute atomic E-state index is 5.70. The predicted octanol–water partition coefficient (Wildman–Crippen LogP) is 3.60. The van der Waals surface area contributed by atoms with E-state index >= 15 is 0 Å². The van der Waals surface area contributed by atoms with Gasteiger partial charge in [0.15, 0.2) is 0 Å². The maximum atomic E-state index is 5.70. The molecule has 1 nitrogen and oxygen atoms in total. The molecule has 2 rings (SSSR count). The van der Waals surface area contributed by atoms with Crippen LogP contribution >= 0.6 is 11.8 Å². The van der Waals surface area contributed by atoms with Crippen LogP contribution in [0.15, 0.2) is 11.8 Å². The molecule has 0 aromatic rings. The normalized spacial score (nSPS) is 25.4. The second-order valence-electron chi connectivity index (χ2n) is 4.95. The Hall–Kier alpha value is -0.110. The van der Waals surface area contributed by atoms with E-state index in [1.54, 1.807) is 0 Å². The van der Waals surface area contributed by atoms with Gasteiger partial charge in [-0.15, -0.1) is 0 Å². The van der Waals surface area contributed by atoms with E-state index in [9.17, 15) is 0 Å². The zero-order valence-corrected chi connectivity index (χ0v) is 9.87. The van der Waals surface area contributed by atoms with Crippen molar-refractivity contribution < 1.29 is 4.74 Å². The van der Waals surface area contributed by atoms with Crippen molar-refractivity contribution in [2.75, 3.05) is 18.1 Å². The molecule has 0 N–H and O–H groups in total. The van der Waals surface area contributed by atoms with Gasteiger partial charge in [-0.25, -0.2) is 0 Å². The first-order valence-corrected chi connectivity index (χ1v) is 6.81. The van der Waals surface area contributed by atoms with Crippen molar-refractivity contribution in [2.45, 2.75) is 39.0 Å². The highest BCUT2D eigenvalue weighted by Crippen LogP contribution is 2.37. The molecule has 0 unspecified atom stereocenters. The van der Waals surface area contributed by atoms with E-state index in [1.807, 2.05) is 18.0 Å². The highest BCUT2D eigenvalue weighted by Gasteiger charge is 2.33. The molecule has 1 saturated carbocycles. The first-order valence-electron chi connectivity index (χ1n) is 5.66. The summed E-state index contributed by atoms with van der Waals surface area (Å²) in [5, 5.41) is 0. The zero-order chi connectivity index (χ0) is 9.86. The summed E-state index contributed by atoms with van der Waals surface area (Å²) in [6.45, 7) is 3.24. The van der Waals surface area contributed by atoms with E-state index in [0.717, 1.165) is 6.61 Å². The smallest absolute Gasteiger partial charge is 0.0942 e. The van der Waals surface area contributed by atoms with Crippen LogP contribution in [0.25, 0.3) is 0 Å². The quantitative estimate of drug-likeness (QED) is 0.661. The van der Waals surface area contributed by atoms with Crippen molar-refractivity contribution in [3.8, 4) is 0 Å². The highest BCUT2D eigenvalue weighted by atomic mass is 32.2. The molecule has 0 aromatic carbocycles. The summed E-state index contributed by atoms with van der Waals surface area (Å²) < 4.78 is 5.70. The molecule has 0 aromatic heterocycles. The van der Waals surface area contributed by atoms with Crippen molar-refractivity contribution in [2.24, 2.45) is 5.41 Å². The Morgan fingerprint density at radius 3 is 2.57 bits per heavy atom. The van der Waals surface area contributed by atoms with E-state index in [2.05, 4.69) is 6.92 Å². The van der Waals surface area contributed by atoms with Crippen LogP contribution in [0.3, 0.4) is 0 Å². The summed E-state index contributed by atoms with van der Waals surface area (Å²) in [6, 6.07) is 0. The molecular formula is C12H20OS. The second kappa shape index (κ2) is 4.61. The van der Waals surface area contributed by atoms with Crippen molar-refractivity contribution in [1.29, 1.82) is 0 Å². The van der Waals surface area contributed by atoms with Crippen molar-refractivity contribution in [3.05, 3.63) is 11.8 Å². The largest absolute Gasteiger partial charge is 0.501 e. The van der Waals surface area contributed by atoms with Gasteiger partial charge in [0, 0.05) is 16.9 Å². The first kappa shape index (κ1) is 10.4. The summed E-state index contributed by atoms with van der Waals surface area (Å²) in [5.41, 5.74) is 2.00. The molecule has 80 valence electrons. The lowest BCUT2D eigenvalue weighted by molar-refractivity contribution is 0.147. The van der Waals surface area contributed by atoms with Gasteiger partial charge in [0.25, 0.3) is 0 Å². The lowest BCUT2D eigenvalue weighted by atomic mass is 9.95. The van der Waals surface area contributed by atoms with Gasteiger partial charge in [0.1, 0.15) is 0 Å². The Kier molecular flexibility index (Phi) is 3.42. The van der Waals surface area contributed by atoms with E-state index in [0.29, 0.717) is 5.41 Å². The third-order valence-electron chi connectivity index (χ3n) is 3.08. The molecule has 1 saturated heterocycles. The van der Waals surface area contributed by atoms with Gasteiger partial charge in [-0.3, -0.25) is 0 Å². The van der Waals surface area contributed by atoms with E-state index in [-0.39, 0.29) is 0 Å². The molecule has 0 radical (unpaired) electrons. The van der Waals surface area contributed by atoms with Crippen LogP contribution in [0, 0.1) is 5.41 Å². The average molecular weight is 212 g/mol. The van der Waals surface area contributed by atoms with E-state index in [4.69, 9.17) is 4.74 Å². The van der Waals surface area contributed by atoms with Crippen LogP contribution in [0.1, 0.15) is 39.0 Å². The first-order chi connectivity index (χ1) is 6.79. The summed E-state index contributed by atoms with van der Waals surface area (Å²) in [5.74, 6) is 2.55. The second-order valence-corrected chi connectivity index (χ2v) is 5.94. The standard InChI is InChI=1S/C12H20OS/c1-12(9-14-10-12)8-13-7-11-5-3-2-4-6-11/h7H,2-6,8-10H2,1H3. The van der Waals surface area contributed by atoms with Crippen LogP contribution in [0.2, 0.25) is 0 Å². The summed E-state index contributed by atoms with van der Waals surface area (Å²) in [7, 11) is 0. The number of allylic oxidation sites excluding steroid dienone is 1. The Morgan fingerprint density at radius 2 is 2.00 bits per heavy atom. The number of ether oxygens (including phenoxy) is 1. The van der Waals surface area contributed by atoms with Gasteiger partial charge in [0.05, 0.1) is 12.9 Å². The molecule has 0 spiro atoms. The van der Waals surface area contributed by atoms with Gasteiger partial charge < -0.3 is 4.74 Å². The summed E-state index contributed by atoms with van der Waals surface area (Å²) >= 11 is 2.03. The SMILES string of the molecule is CC1(COC=C2CCCCC2)CSC1. The minimum absolute atomic E-state index is 0.469. The molecule has 1 aliphatic heterocycles. The zero-order valence-electron chi connectivity index (χ0n) is 9.05. The number of hydrogen-bond acceptors (Lipinski definition) is 2. The Balaban J connectivity index is 1.70. The fourth-order valence-electron chi connectivity index (χ4n) is 2.02. The number of thioether (sulfide) groups is 1. The average Bonchev–Trinajstić information content (AvgIpc) is 2.17. The van der Waals surface area contributed by atoms with Gasteiger partial charge in [-0.1, -0.05) is 13.3 Å². The molecule has 14 heavy (non-hydrogen) atoms. The molecule has 0 amide bonds. The molecule has 2 heteroatoms. The molecule has 0 atom stereocenters. The van der Waals surface area contributed by atoms with Crippen LogP contribution < -0.4 is 0 Å². The van der Waals surface area contributed by atoms with Gasteiger partial charge >= 0.3 is 0 Å². The van der Waals surface area contributed by atoms with Crippen molar-refractivity contribution >= 4 is 11.8 Å². The molecule has 1 heterocycles. The minimum atomic E-state index is 0.469. The Bertz CT molecular complexity index is 210. The highest BCUT2D eigenvalue weighted by molar-refractivity contribution is 8.00. The maximum Gasteiger partial charge on any atom is 0.0942 e. The van der Waals surface area contributed by atoms with E-state index in [1.165, 1.54) is 49.2 Å². The third kappa shape index (κ3) is 2.69. The van der Waals surface area contributed by atoms with Crippen LogP contribution in [0.5, 0.6) is 0 Å². The van der Waals surface area contributed by atoms with Crippen molar-refractivity contribution in [3.63, 3.8) is 0 Å². The molecule has 1 aliphatic carbocycles. The molecular weight excluding hydrogens is 192 g/mol. The summed E-state index contributed by atoms with van der Waals surface area (Å²) in [4.78, 5) is 0. The topological polar surface area (TPSA) is 9.23 Å². The van der Waals surface area contributed by atoms with Gasteiger partial charge in [-0.2, -0.15) is 11.8 Å². The minimum Gasteiger partial charge on any atom is -0.501 e. The van der Waals surface area contributed by atoms with Crippen LogP contribution in [0.4, 0.5) is 0 Å². The van der Waals surface area contributed by atoms with E-state index < -0.39 is 0 Å².